The SMILES string of the molecule is CCCNC(=O)c1cn2ncnc(Nc3cc(C(=O)N(C(=O)OCOC(=O)CO)C4CC4)ccc3C)c2c1C. The second-order valence-electron chi connectivity index (χ2n) is 9.09. The number of hydrogen-bond donors (Lipinski definition) is 3. The van der Waals surface area contributed by atoms with Crippen molar-refractivity contribution in [3.63, 3.8) is 0 Å². The van der Waals surface area contributed by atoms with Crippen LogP contribution in [-0.2, 0) is 14.3 Å². The molecule has 0 unspecified atom stereocenters. The van der Waals surface area contributed by atoms with Gasteiger partial charge in [-0.25, -0.2) is 24.0 Å². The van der Waals surface area contributed by atoms with E-state index in [1.807, 2.05) is 20.8 Å². The van der Waals surface area contributed by atoms with E-state index in [4.69, 9.17) is 9.84 Å². The second-order valence-corrected chi connectivity index (χ2v) is 9.09. The van der Waals surface area contributed by atoms with Crippen LogP contribution < -0.4 is 10.6 Å². The van der Waals surface area contributed by atoms with Crippen LogP contribution in [0.15, 0.2) is 30.7 Å². The molecule has 3 N–H and O–H groups in total. The Morgan fingerprint density at radius 2 is 1.95 bits per heavy atom. The van der Waals surface area contributed by atoms with E-state index >= 15 is 0 Å². The first-order valence-electron chi connectivity index (χ1n) is 12.5. The highest BCUT2D eigenvalue weighted by Crippen LogP contribution is 2.31. The number of nitrogens with zero attached hydrogens (tertiary/aromatic N) is 4. The fourth-order valence-electron chi connectivity index (χ4n) is 3.96. The summed E-state index contributed by atoms with van der Waals surface area (Å²) in [6.45, 7) is 4.63. The third kappa shape index (κ3) is 6.14. The average Bonchev–Trinajstić information content (AvgIpc) is 3.70. The minimum absolute atomic E-state index is 0.201. The van der Waals surface area contributed by atoms with Gasteiger partial charge in [0.15, 0.2) is 5.82 Å². The number of aliphatic hydroxyl groups is 1. The van der Waals surface area contributed by atoms with Crippen molar-refractivity contribution in [2.75, 3.05) is 25.3 Å². The molecule has 0 spiro atoms. The highest BCUT2D eigenvalue weighted by atomic mass is 16.7. The molecule has 4 rings (SSSR count). The van der Waals surface area contributed by atoms with E-state index < -0.39 is 31.4 Å². The molecule has 1 fully saturated rings. The van der Waals surface area contributed by atoms with Gasteiger partial charge in [0.05, 0.1) is 5.56 Å². The van der Waals surface area contributed by atoms with Crippen LogP contribution >= 0.6 is 0 Å². The average molecular weight is 539 g/mol. The Kier molecular flexibility index (Phi) is 8.39. The molecule has 2 heterocycles. The van der Waals surface area contributed by atoms with E-state index in [1.165, 1.54) is 6.33 Å². The van der Waals surface area contributed by atoms with Gasteiger partial charge < -0.3 is 25.2 Å². The molecular formula is C26H30N6O7. The molecule has 3 amide bonds. The third-order valence-corrected chi connectivity index (χ3v) is 6.20. The van der Waals surface area contributed by atoms with Crippen molar-refractivity contribution in [2.45, 2.75) is 46.1 Å². The second kappa shape index (κ2) is 11.9. The fourth-order valence-corrected chi connectivity index (χ4v) is 3.96. The van der Waals surface area contributed by atoms with Crippen LogP contribution in [0.1, 0.15) is 58.0 Å². The largest absolute Gasteiger partial charge is 0.426 e. The van der Waals surface area contributed by atoms with Crippen molar-refractivity contribution in [3.05, 3.63) is 53.0 Å². The number of aliphatic hydroxyl groups excluding tert-OH is 1. The van der Waals surface area contributed by atoms with Gasteiger partial charge in [0.25, 0.3) is 11.8 Å². The molecule has 0 bridgehead atoms. The molecular weight excluding hydrogens is 508 g/mol. The number of esters is 1. The number of amides is 3. The summed E-state index contributed by atoms with van der Waals surface area (Å²) in [6.07, 6.45) is 4.14. The van der Waals surface area contributed by atoms with Crippen LogP contribution in [0.25, 0.3) is 5.52 Å². The maximum absolute atomic E-state index is 13.3. The van der Waals surface area contributed by atoms with Crippen molar-refractivity contribution >= 4 is 40.9 Å². The third-order valence-electron chi connectivity index (χ3n) is 6.20. The molecule has 1 aliphatic carbocycles. The molecule has 2 aromatic heterocycles. The number of aromatic nitrogens is 3. The van der Waals surface area contributed by atoms with Gasteiger partial charge in [0, 0.05) is 30.0 Å². The van der Waals surface area contributed by atoms with E-state index in [0.717, 1.165) is 16.9 Å². The van der Waals surface area contributed by atoms with Crippen LogP contribution in [0.3, 0.4) is 0 Å². The topological polar surface area (TPSA) is 164 Å². The summed E-state index contributed by atoms with van der Waals surface area (Å²) in [5.74, 6) is -1.28. The molecule has 1 aromatic carbocycles. The number of anilines is 2. The molecule has 3 aromatic rings. The van der Waals surface area contributed by atoms with Gasteiger partial charge in [-0.15, -0.1) is 0 Å². The number of rotatable bonds is 10. The zero-order valence-corrected chi connectivity index (χ0v) is 21.9. The Morgan fingerprint density at radius 3 is 2.64 bits per heavy atom. The molecule has 0 aliphatic heterocycles. The Labute approximate surface area is 224 Å². The smallest absolute Gasteiger partial charge is 0.419 e. The zero-order chi connectivity index (χ0) is 28.1. The Morgan fingerprint density at radius 1 is 1.18 bits per heavy atom. The Balaban J connectivity index is 1.58. The maximum Gasteiger partial charge on any atom is 0.419 e. The number of hydrogen-bond acceptors (Lipinski definition) is 10. The Bertz CT molecular complexity index is 1420. The van der Waals surface area contributed by atoms with Gasteiger partial charge >= 0.3 is 12.1 Å². The van der Waals surface area contributed by atoms with E-state index in [0.29, 0.717) is 47.5 Å². The molecule has 206 valence electrons. The highest BCUT2D eigenvalue weighted by molar-refractivity contribution is 6.04. The van der Waals surface area contributed by atoms with Gasteiger partial charge in [-0.3, -0.25) is 9.59 Å². The number of carbonyl (C=O) groups is 4. The Hall–Kier alpha value is -4.52. The number of benzene rings is 1. The molecule has 1 saturated carbocycles. The molecule has 0 saturated heterocycles. The standard InChI is InChI=1S/C26H30N6O7/c1-4-9-27-24(35)19-11-31-22(16(19)3)23(28-13-29-31)30-20-10-17(6-5-15(20)2)25(36)32(18-7-8-18)26(37)39-14-38-21(34)12-33/h5-6,10-11,13,18,33H,4,7-9,12,14H2,1-3H3,(H,27,35)(H,28,29,30). The summed E-state index contributed by atoms with van der Waals surface area (Å²) in [6, 6.07) is 4.63. The lowest BCUT2D eigenvalue weighted by Crippen LogP contribution is -2.39. The number of aryl methyl sites for hydroxylation is 2. The van der Waals surface area contributed by atoms with Crippen LogP contribution in [0, 0.1) is 13.8 Å². The summed E-state index contributed by atoms with van der Waals surface area (Å²) in [5.41, 5.74) is 3.40. The first-order valence-corrected chi connectivity index (χ1v) is 12.5. The van der Waals surface area contributed by atoms with Crippen LogP contribution in [0.5, 0.6) is 0 Å². The monoisotopic (exact) mass is 538 g/mol. The van der Waals surface area contributed by atoms with Crippen LogP contribution in [0.2, 0.25) is 0 Å². The summed E-state index contributed by atoms with van der Waals surface area (Å²) in [5, 5.41) is 19.1. The lowest BCUT2D eigenvalue weighted by atomic mass is 10.1. The van der Waals surface area contributed by atoms with Crippen LogP contribution in [-0.4, -0.2) is 74.5 Å². The van der Waals surface area contributed by atoms with Crippen LogP contribution in [0.4, 0.5) is 16.3 Å². The van der Waals surface area contributed by atoms with Gasteiger partial charge in [-0.1, -0.05) is 13.0 Å². The number of nitrogens with one attached hydrogen (secondary N) is 2. The minimum atomic E-state index is -0.952. The highest BCUT2D eigenvalue weighted by Gasteiger charge is 2.39. The predicted octanol–water partition coefficient (Wildman–Crippen LogP) is 2.46. The summed E-state index contributed by atoms with van der Waals surface area (Å²) in [4.78, 5) is 55.0. The summed E-state index contributed by atoms with van der Waals surface area (Å²) in [7, 11) is 0. The number of carbonyl (C=O) groups excluding carboxylic acids is 4. The molecule has 13 heteroatoms. The lowest BCUT2D eigenvalue weighted by molar-refractivity contribution is -0.155. The van der Waals surface area contributed by atoms with E-state index in [9.17, 15) is 19.2 Å². The first-order chi connectivity index (χ1) is 18.7. The lowest BCUT2D eigenvalue weighted by Gasteiger charge is -2.20. The minimum Gasteiger partial charge on any atom is -0.426 e. The van der Waals surface area contributed by atoms with Crippen molar-refractivity contribution in [1.82, 2.24) is 24.8 Å². The van der Waals surface area contributed by atoms with E-state index in [-0.39, 0.29) is 17.5 Å². The van der Waals surface area contributed by atoms with Crippen molar-refractivity contribution in [1.29, 1.82) is 0 Å². The van der Waals surface area contributed by atoms with E-state index in [1.54, 1.807) is 28.9 Å². The van der Waals surface area contributed by atoms with Gasteiger partial charge in [-0.05, 0) is 56.4 Å². The fraction of sp³-hybridized carbons (Fsp3) is 0.385. The zero-order valence-electron chi connectivity index (χ0n) is 21.9. The molecule has 0 radical (unpaired) electrons. The maximum atomic E-state index is 13.3. The van der Waals surface area contributed by atoms with E-state index in [2.05, 4.69) is 25.5 Å². The van der Waals surface area contributed by atoms with Crippen molar-refractivity contribution in [3.8, 4) is 0 Å². The normalized spacial score (nSPS) is 12.6. The quantitative estimate of drug-likeness (QED) is 0.258. The summed E-state index contributed by atoms with van der Waals surface area (Å²) < 4.78 is 11.1. The summed E-state index contributed by atoms with van der Waals surface area (Å²) >= 11 is 0. The van der Waals surface area contributed by atoms with Crippen molar-refractivity contribution < 1.29 is 33.8 Å². The van der Waals surface area contributed by atoms with Crippen molar-refractivity contribution in [2.24, 2.45) is 0 Å². The number of imide groups is 1. The first kappa shape index (κ1) is 27.5. The number of fused-ring (bicyclic) bond motifs is 1. The molecule has 39 heavy (non-hydrogen) atoms. The molecule has 0 atom stereocenters. The number of ether oxygens (including phenoxy) is 2. The molecule has 13 nitrogen and oxygen atoms in total. The molecule has 1 aliphatic rings. The van der Waals surface area contributed by atoms with Gasteiger partial charge in [-0.2, -0.15) is 5.10 Å². The predicted molar refractivity (Wildman–Crippen MR) is 139 cm³/mol. The van der Waals surface area contributed by atoms with Gasteiger partial charge in [0.1, 0.15) is 18.5 Å². The van der Waals surface area contributed by atoms with Gasteiger partial charge in [0.2, 0.25) is 6.79 Å².